The third kappa shape index (κ3) is 3.25. The van der Waals surface area contributed by atoms with Crippen LogP contribution in [0.1, 0.15) is 17.2 Å². The van der Waals surface area contributed by atoms with Gasteiger partial charge in [0, 0.05) is 23.7 Å². The van der Waals surface area contributed by atoms with Gasteiger partial charge in [-0.25, -0.2) is 0 Å². The van der Waals surface area contributed by atoms with Gasteiger partial charge in [0.1, 0.15) is 6.04 Å². The van der Waals surface area contributed by atoms with Crippen LogP contribution < -0.4 is 0 Å². The number of nitrogens with zero attached hydrogens (tertiary/aromatic N) is 2. The van der Waals surface area contributed by atoms with Gasteiger partial charge in [0.05, 0.1) is 18.1 Å². The first-order chi connectivity index (χ1) is 11.5. The second-order valence-electron chi connectivity index (χ2n) is 5.56. The molecule has 0 N–H and O–H groups in total. The molecule has 0 aliphatic carbocycles. The molecule has 24 heavy (non-hydrogen) atoms. The molecule has 0 aromatic heterocycles. The van der Waals surface area contributed by atoms with Crippen molar-refractivity contribution in [1.29, 1.82) is 0 Å². The number of benzene rings is 2. The maximum absolute atomic E-state index is 12.0. The van der Waals surface area contributed by atoms with E-state index in [9.17, 15) is 14.9 Å². The first-order valence-corrected chi connectivity index (χ1v) is 7.71. The predicted molar refractivity (Wildman–Crippen MR) is 88.6 cm³/mol. The smallest absolute Gasteiger partial charge is 0.325 e. The van der Waals surface area contributed by atoms with E-state index in [4.69, 9.17) is 16.3 Å². The van der Waals surface area contributed by atoms with Gasteiger partial charge < -0.3 is 4.74 Å². The van der Waals surface area contributed by atoms with E-state index in [0.29, 0.717) is 11.6 Å². The highest BCUT2D eigenvalue weighted by Crippen LogP contribution is 2.45. The summed E-state index contributed by atoms with van der Waals surface area (Å²) in [5.41, 5.74) is 1.74. The van der Waals surface area contributed by atoms with Gasteiger partial charge >= 0.3 is 5.97 Å². The number of halogens is 1. The van der Waals surface area contributed by atoms with Crippen LogP contribution in [0.25, 0.3) is 0 Å². The minimum atomic E-state index is -0.442. The number of methoxy groups -OCH3 is 1. The minimum Gasteiger partial charge on any atom is -0.468 e. The number of ether oxygens (including phenoxy) is 1. The number of carbonyl (C=O) groups excluding carboxylic acids is 1. The molecule has 1 aliphatic heterocycles. The van der Waals surface area contributed by atoms with Gasteiger partial charge in [-0.05, 0) is 23.3 Å². The van der Waals surface area contributed by atoms with Crippen molar-refractivity contribution in [2.75, 3.05) is 7.11 Å². The van der Waals surface area contributed by atoms with E-state index in [1.54, 1.807) is 24.3 Å². The number of esters is 1. The molecule has 0 spiro atoms. The van der Waals surface area contributed by atoms with Crippen molar-refractivity contribution in [3.63, 3.8) is 0 Å². The normalized spacial score (nSPS) is 22.0. The number of non-ortho nitro benzene ring substituents is 1. The van der Waals surface area contributed by atoms with Gasteiger partial charge in [-0.15, -0.1) is 0 Å². The molecule has 1 saturated heterocycles. The topological polar surface area (TPSA) is 72.5 Å². The Morgan fingerprint density at radius 2 is 2.00 bits per heavy atom. The number of nitro groups is 1. The molecule has 2 aromatic rings. The maximum Gasteiger partial charge on any atom is 0.325 e. The fourth-order valence-electron chi connectivity index (χ4n) is 2.85. The highest BCUT2D eigenvalue weighted by atomic mass is 35.5. The second kappa shape index (κ2) is 6.59. The lowest BCUT2D eigenvalue weighted by Crippen LogP contribution is -2.14. The quantitative estimate of drug-likeness (QED) is 0.359. The summed E-state index contributed by atoms with van der Waals surface area (Å²) in [6.07, 6.45) is 0. The molecule has 3 rings (SSSR count). The summed E-state index contributed by atoms with van der Waals surface area (Å²) in [6.45, 7) is 0.532. The third-order valence-corrected chi connectivity index (χ3v) is 4.32. The number of hydrogen-bond donors (Lipinski definition) is 0. The van der Waals surface area contributed by atoms with Crippen LogP contribution in [0.3, 0.4) is 0 Å². The zero-order chi connectivity index (χ0) is 17.3. The molecule has 3 atom stereocenters. The molecule has 1 fully saturated rings. The van der Waals surface area contributed by atoms with E-state index >= 15 is 0 Å². The molecule has 0 radical (unpaired) electrons. The fourth-order valence-corrected chi connectivity index (χ4v) is 2.98. The first kappa shape index (κ1) is 16.4. The number of carbonyl (C=O) groups is 1. The molecule has 1 aliphatic rings. The van der Waals surface area contributed by atoms with Crippen LogP contribution in [-0.2, 0) is 16.1 Å². The molecule has 7 heteroatoms. The Kier molecular flexibility index (Phi) is 4.51. The van der Waals surface area contributed by atoms with Crippen molar-refractivity contribution < 1.29 is 14.5 Å². The van der Waals surface area contributed by atoms with E-state index in [1.165, 1.54) is 19.2 Å². The zero-order valence-electron chi connectivity index (χ0n) is 12.9. The molecule has 124 valence electrons. The Balaban J connectivity index is 1.85. The molecule has 0 bridgehead atoms. The fraction of sp³-hybridized carbons (Fsp3) is 0.235. The largest absolute Gasteiger partial charge is 0.468 e. The van der Waals surface area contributed by atoms with Crippen molar-refractivity contribution >= 4 is 23.3 Å². The van der Waals surface area contributed by atoms with Crippen molar-refractivity contribution in [2.45, 2.75) is 18.6 Å². The molecular weight excluding hydrogens is 332 g/mol. The van der Waals surface area contributed by atoms with Crippen LogP contribution in [0.2, 0.25) is 5.02 Å². The van der Waals surface area contributed by atoms with Gasteiger partial charge in [-0.1, -0.05) is 35.9 Å². The summed E-state index contributed by atoms with van der Waals surface area (Å²) in [6, 6.07) is 13.0. The standard InChI is InChI=1S/C17H15ClN2O4/c1-24-17(21)16-15(12-3-2-4-14(9-12)20(22)23)19(16)10-11-5-7-13(18)8-6-11/h2-9,15-16H,10H2,1H3/t15-,16-,19?/m1/s1. The minimum absolute atomic E-state index is 0.00876. The molecule has 0 saturated carbocycles. The van der Waals surface area contributed by atoms with E-state index in [1.807, 2.05) is 17.0 Å². The van der Waals surface area contributed by atoms with Crippen molar-refractivity contribution in [1.82, 2.24) is 4.90 Å². The van der Waals surface area contributed by atoms with Crippen molar-refractivity contribution in [2.24, 2.45) is 0 Å². The highest BCUT2D eigenvalue weighted by molar-refractivity contribution is 6.30. The molecule has 1 unspecified atom stereocenters. The van der Waals surface area contributed by atoms with Crippen LogP contribution >= 0.6 is 11.6 Å². The lowest BCUT2D eigenvalue weighted by Gasteiger charge is -2.05. The summed E-state index contributed by atoms with van der Waals surface area (Å²) in [4.78, 5) is 24.5. The average molecular weight is 347 g/mol. The van der Waals surface area contributed by atoms with E-state index in [2.05, 4.69) is 0 Å². The Labute approximate surface area is 143 Å². The molecule has 0 amide bonds. The van der Waals surface area contributed by atoms with Gasteiger partial charge in [-0.3, -0.25) is 19.8 Å². The Bertz CT molecular complexity index is 778. The monoisotopic (exact) mass is 346 g/mol. The lowest BCUT2D eigenvalue weighted by molar-refractivity contribution is -0.384. The van der Waals surface area contributed by atoms with Gasteiger partial charge in [0.15, 0.2) is 0 Å². The Hall–Kier alpha value is -2.44. The average Bonchev–Trinajstić information content (AvgIpc) is 3.30. The van der Waals surface area contributed by atoms with Crippen LogP contribution in [0.15, 0.2) is 48.5 Å². The molecule has 1 heterocycles. The Morgan fingerprint density at radius 1 is 1.29 bits per heavy atom. The van der Waals surface area contributed by atoms with E-state index in [-0.39, 0.29) is 17.7 Å². The number of nitro benzene ring substituents is 1. The summed E-state index contributed by atoms with van der Waals surface area (Å²) >= 11 is 5.89. The Morgan fingerprint density at radius 3 is 2.62 bits per heavy atom. The van der Waals surface area contributed by atoms with Gasteiger partial charge in [-0.2, -0.15) is 0 Å². The summed E-state index contributed by atoms with van der Waals surface area (Å²) in [5, 5.41) is 11.6. The molecule has 2 aromatic carbocycles. The summed E-state index contributed by atoms with van der Waals surface area (Å²) in [5.74, 6) is -0.347. The third-order valence-electron chi connectivity index (χ3n) is 4.07. The molecule has 6 nitrogen and oxygen atoms in total. The van der Waals surface area contributed by atoms with Crippen LogP contribution in [0, 0.1) is 10.1 Å². The van der Waals surface area contributed by atoms with E-state index in [0.717, 1.165) is 11.1 Å². The zero-order valence-corrected chi connectivity index (χ0v) is 13.6. The highest BCUT2D eigenvalue weighted by Gasteiger charge is 2.54. The predicted octanol–water partition coefficient (Wildman–Crippen LogP) is 3.35. The number of rotatable bonds is 5. The van der Waals surface area contributed by atoms with Crippen LogP contribution in [0.5, 0.6) is 0 Å². The van der Waals surface area contributed by atoms with Crippen molar-refractivity contribution in [3.05, 3.63) is 74.8 Å². The molecular formula is C17H15ClN2O4. The SMILES string of the molecule is COC(=O)[C@H]1[C@@H](c2cccc([N+](=O)[O-])c2)N1Cc1ccc(Cl)cc1. The van der Waals surface area contributed by atoms with Crippen LogP contribution in [0.4, 0.5) is 5.69 Å². The van der Waals surface area contributed by atoms with Crippen LogP contribution in [-0.4, -0.2) is 28.9 Å². The van der Waals surface area contributed by atoms with Gasteiger partial charge in [0.2, 0.25) is 0 Å². The van der Waals surface area contributed by atoms with Crippen molar-refractivity contribution in [3.8, 4) is 0 Å². The summed E-state index contributed by atoms with van der Waals surface area (Å²) in [7, 11) is 1.34. The van der Waals surface area contributed by atoms with E-state index < -0.39 is 11.0 Å². The second-order valence-corrected chi connectivity index (χ2v) is 6.00. The maximum atomic E-state index is 12.0. The lowest BCUT2D eigenvalue weighted by atomic mass is 10.1. The van der Waals surface area contributed by atoms with Gasteiger partial charge in [0.25, 0.3) is 5.69 Å². The first-order valence-electron chi connectivity index (χ1n) is 7.33. The summed E-state index contributed by atoms with van der Waals surface area (Å²) < 4.78 is 4.86. The number of hydrogen-bond acceptors (Lipinski definition) is 5.